The molecule has 0 radical (unpaired) electrons. The number of alkyl halides is 3. The molecule has 1 saturated carbocycles. The molecule has 0 bridgehead atoms. The van der Waals surface area contributed by atoms with E-state index in [-0.39, 0.29) is 12.0 Å². The minimum absolute atomic E-state index is 0.133. The molecular weight excluding hydrogens is 265 g/mol. The largest absolute Gasteiger partial charge is 0.414 e. The molecule has 8 heteroatoms. The lowest BCUT2D eigenvalue weighted by Gasteiger charge is -2.60. The molecule has 2 aliphatic rings. The Morgan fingerprint density at radius 2 is 2.16 bits per heavy atom. The summed E-state index contributed by atoms with van der Waals surface area (Å²) >= 11 is 0. The summed E-state index contributed by atoms with van der Waals surface area (Å²) in [5, 5.41) is 0. The van der Waals surface area contributed by atoms with Crippen LogP contribution in [0.4, 0.5) is 13.2 Å². The lowest BCUT2D eigenvalue weighted by molar-refractivity contribution is -0.206. The molecule has 2 fully saturated rings. The second-order valence-electron chi connectivity index (χ2n) is 5.61. The fourth-order valence-corrected chi connectivity index (χ4v) is 3.11. The molecule has 110 valence electrons. The van der Waals surface area contributed by atoms with Crippen molar-refractivity contribution in [2.45, 2.75) is 38.1 Å². The van der Waals surface area contributed by atoms with Crippen molar-refractivity contribution in [2.75, 3.05) is 13.2 Å². The summed E-state index contributed by atoms with van der Waals surface area (Å²) in [7, 11) is 0. The van der Waals surface area contributed by atoms with Gasteiger partial charge in [-0.25, -0.2) is 5.48 Å². The number of hydrogen-bond acceptors (Lipinski definition) is 4. The van der Waals surface area contributed by atoms with E-state index < -0.39 is 29.6 Å². The van der Waals surface area contributed by atoms with E-state index in [9.17, 15) is 18.0 Å². The predicted molar refractivity (Wildman–Crippen MR) is 58.7 cm³/mol. The molecule has 0 aromatic heterocycles. The molecule has 0 aromatic carbocycles. The Kier molecular flexibility index (Phi) is 3.31. The van der Waals surface area contributed by atoms with Crippen molar-refractivity contribution in [1.29, 1.82) is 0 Å². The van der Waals surface area contributed by atoms with Crippen molar-refractivity contribution >= 4 is 5.91 Å². The van der Waals surface area contributed by atoms with E-state index in [1.165, 1.54) is 0 Å². The lowest BCUT2D eigenvalue weighted by Crippen LogP contribution is -2.80. The van der Waals surface area contributed by atoms with Crippen LogP contribution in [0.2, 0.25) is 0 Å². The first-order valence-corrected chi connectivity index (χ1v) is 6.00. The molecule has 5 nitrogen and oxygen atoms in total. The Hall–Kier alpha value is -0.860. The van der Waals surface area contributed by atoms with Crippen LogP contribution in [0.5, 0.6) is 0 Å². The van der Waals surface area contributed by atoms with Crippen LogP contribution in [-0.4, -0.2) is 36.9 Å². The van der Waals surface area contributed by atoms with Crippen LogP contribution >= 0.6 is 0 Å². The van der Waals surface area contributed by atoms with Gasteiger partial charge in [0, 0.05) is 17.9 Å². The number of rotatable bonds is 3. The van der Waals surface area contributed by atoms with E-state index in [1.807, 2.05) is 5.48 Å². The van der Waals surface area contributed by atoms with Crippen LogP contribution in [0.1, 0.15) is 20.3 Å². The van der Waals surface area contributed by atoms with Gasteiger partial charge in [-0.1, -0.05) is 13.8 Å². The van der Waals surface area contributed by atoms with Gasteiger partial charge in [-0.05, 0) is 6.42 Å². The van der Waals surface area contributed by atoms with E-state index in [0.717, 1.165) is 0 Å². The van der Waals surface area contributed by atoms with Crippen molar-refractivity contribution in [3.8, 4) is 0 Å². The summed E-state index contributed by atoms with van der Waals surface area (Å²) in [6.45, 7) is 2.50. The van der Waals surface area contributed by atoms with E-state index in [0.29, 0.717) is 13.0 Å². The number of carbonyl (C=O) groups is 1. The highest BCUT2D eigenvalue weighted by molar-refractivity contribution is 5.88. The fourth-order valence-electron chi connectivity index (χ4n) is 3.11. The molecule has 3 unspecified atom stereocenters. The van der Waals surface area contributed by atoms with Crippen LogP contribution < -0.4 is 11.2 Å². The van der Waals surface area contributed by atoms with Crippen LogP contribution in [-0.2, 0) is 14.4 Å². The number of amides is 1. The van der Waals surface area contributed by atoms with Crippen molar-refractivity contribution in [2.24, 2.45) is 17.1 Å². The Balaban J connectivity index is 1.98. The highest BCUT2D eigenvalue weighted by atomic mass is 19.4. The number of halogens is 3. The first-order valence-electron chi connectivity index (χ1n) is 6.00. The number of carbonyl (C=O) groups excluding carboxylic acids is 1. The van der Waals surface area contributed by atoms with Gasteiger partial charge in [0.05, 0.1) is 6.10 Å². The van der Waals surface area contributed by atoms with Gasteiger partial charge in [-0.2, -0.15) is 13.2 Å². The molecule has 19 heavy (non-hydrogen) atoms. The zero-order valence-electron chi connectivity index (χ0n) is 10.7. The fraction of sp³-hybridized carbons (Fsp3) is 0.909. The topological polar surface area (TPSA) is 73.6 Å². The smallest absolute Gasteiger partial charge is 0.377 e. The SMILES string of the molecule is CC1(C)C2OCCC2C1(N)C(=O)NOCC(F)(F)F. The Morgan fingerprint density at radius 3 is 2.74 bits per heavy atom. The molecule has 3 N–H and O–H groups in total. The third kappa shape index (κ3) is 2.11. The molecule has 3 atom stereocenters. The van der Waals surface area contributed by atoms with Gasteiger partial charge in [-0.15, -0.1) is 0 Å². The van der Waals surface area contributed by atoms with E-state index >= 15 is 0 Å². The monoisotopic (exact) mass is 282 g/mol. The maximum Gasteiger partial charge on any atom is 0.414 e. The molecular formula is C11H17F3N2O3. The van der Waals surface area contributed by atoms with Crippen molar-refractivity contribution in [1.82, 2.24) is 5.48 Å². The quantitative estimate of drug-likeness (QED) is 0.749. The molecule has 1 saturated heterocycles. The number of nitrogens with two attached hydrogens (primary N) is 1. The van der Waals surface area contributed by atoms with Crippen LogP contribution in [0.3, 0.4) is 0 Å². The van der Waals surface area contributed by atoms with Crippen molar-refractivity contribution in [3.05, 3.63) is 0 Å². The zero-order valence-corrected chi connectivity index (χ0v) is 10.7. The average molecular weight is 282 g/mol. The minimum atomic E-state index is -4.50. The van der Waals surface area contributed by atoms with Gasteiger partial charge in [-0.3, -0.25) is 9.63 Å². The van der Waals surface area contributed by atoms with Crippen molar-refractivity contribution in [3.63, 3.8) is 0 Å². The van der Waals surface area contributed by atoms with Gasteiger partial charge in [0.1, 0.15) is 5.54 Å². The summed E-state index contributed by atoms with van der Waals surface area (Å²) in [5.41, 5.74) is 6.01. The zero-order chi connectivity index (χ0) is 14.5. The molecule has 1 heterocycles. The average Bonchev–Trinajstić information content (AvgIpc) is 2.73. The number of nitrogens with one attached hydrogen (secondary N) is 1. The molecule has 0 aromatic rings. The van der Waals surface area contributed by atoms with Crippen molar-refractivity contribution < 1.29 is 27.5 Å². The molecule has 1 amide bonds. The van der Waals surface area contributed by atoms with Crippen LogP contribution in [0.25, 0.3) is 0 Å². The van der Waals surface area contributed by atoms with Gasteiger partial charge in [0.25, 0.3) is 5.91 Å². The van der Waals surface area contributed by atoms with Gasteiger partial charge in [0.15, 0.2) is 6.61 Å². The summed E-state index contributed by atoms with van der Waals surface area (Å²) in [4.78, 5) is 16.2. The molecule has 2 rings (SSSR count). The first kappa shape index (κ1) is 14.5. The summed E-state index contributed by atoms with van der Waals surface area (Å²) in [6, 6.07) is 0. The maximum atomic E-state index is 12.0. The minimum Gasteiger partial charge on any atom is -0.377 e. The van der Waals surface area contributed by atoms with Gasteiger partial charge >= 0.3 is 6.18 Å². The summed E-state index contributed by atoms with van der Waals surface area (Å²) in [5.74, 6) is -0.912. The van der Waals surface area contributed by atoms with Gasteiger partial charge in [0.2, 0.25) is 0 Å². The van der Waals surface area contributed by atoms with Gasteiger partial charge < -0.3 is 10.5 Å². The summed E-state index contributed by atoms with van der Waals surface area (Å²) in [6.07, 6.45) is -4.01. The molecule has 0 spiro atoms. The number of fused-ring (bicyclic) bond motifs is 1. The van der Waals surface area contributed by atoms with E-state index in [2.05, 4.69) is 4.84 Å². The number of ether oxygens (including phenoxy) is 1. The third-order valence-electron chi connectivity index (χ3n) is 4.23. The number of hydrogen-bond donors (Lipinski definition) is 2. The predicted octanol–water partition coefficient (Wildman–Crippen LogP) is 0.739. The van der Waals surface area contributed by atoms with Crippen LogP contribution in [0, 0.1) is 11.3 Å². The Morgan fingerprint density at radius 1 is 1.53 bits per heavy atom. The third-order valence-corrected chi connectivity index (χ3v) is 4.23. The maximum absolute atomic E-state index is 12.0. The standard InChI is InChI=1S/C11H17F3N2O3/c1-9(2)7-6(3-4-18-7)11(9,15)8(17)16-19-5-10(12,13)14/h6-7H,3-5,15H2,1-2H3,(H,16,17). The molecule has 1 aliphatic heterocycles. The summed E-state index contributed by atoms with van der Waals surface area (Å²) < 4.78 is 41.3. The first-order chi connectivity index (χ1) is 8.61. The number of hydroxylamine groups is 1. The Bertz CT molecular complexity index is 386. The van der Waals surface area contributed by atoms with Crippen LogP contribution in [0.15, 0.2) is 0 Å². The van der Waals surface area contributed by atoms with E-state index in [1.54, 1.807) is 13.8 Å². The molecule has 1 aliphatic carbocycles. The Labute approximate surface area is 108 Å². The van der Waals surface area contributed by atoms with E-state index in [4.69, 9.17) is 10.5 Å². The second-order valence-corrected chi connectivity index (χ2v) is 5.61. The highest BCUT2D eigenvalue weighted by Gasteiger charge is 2.71. The lowest BCUT2D eigenvalue weighted by atomic mass is 9.48. The normalized spacial score (nSPS) is 36.5. The second kappa shape index (κ2) is 4.32. The highest BCUT2D eigenvalue weighted by Crippen LogP contribution is 2.58.